The maximum atomic E-state index is 10.9. The van der Waals surface area contributed by atoms with E-state index < -0.39 is 11.0 Å². The number of amides is 1. The molecular weight excluding hydrogens is 293 g/mol. The van der Waals surface area contributed by atoms with Crippen LogP contribution in [0.4, 0.5) is 4.79 Å². The van der Waals surface area contributed by atoms with E-state index in [9.17, 15) is 4.79 Å². The van der Waals surface area contributed by atoms with Gasteiger partial charge in [0, 0.05) is 34.0 Å². The summed E-state index contributed by atoms with van der Waals surface area (Å²) in [6.45, 7) is 5.42. The molecule has 0 atom stereocenters. The normalized spacial score (nSPS) is 8.71. The molecule has 0 saturated heterocycles. The fraction of sp³-hybridized carbons (Fsp3) is 0.889. The van der Waals surface area contributed by atoms with Crippen molar-refractivity contribution < 1.29 is 39.0 Å². The third kappa shape index (κ3) is 31.3. The SMILES string of the molecule is CCCCNC(=O)OCCCC.O=[S-](=O)O.[Ni]. The predicted octanol–water partition coefficient (Wildman–Crippen LogP) is 2.08. The Bertz CT molecular complexity index is 215. The van der Waals surface area contributed by atoms with E-state index in [-0.39, 0.29) is 22.6 Å². The van der Waals surface area contributed by atoms with Crippen molar-refractivity contribution in [1.82, 2.24) is 5.32 Å². The Morgan fingerprint density at radius 2 is 1.71 bits per heavy atom. The number of unbranched alkanes of at least 4 members (excludes halogenated alkanes) is 2. The Balaban J connectivity index is -0.000000340. The van der Waals surface area contributed by atoms with E-state index in [2.05, 4.69) is 19.2 Å². The van der Waals surface area contributed by atoms with E-state index in [1.807, 2.05) is 0 Å². The minimum Gasteiger partial charge on any atom is -0.450 e. The molecule has 0 fully saturated rings. The predicted molar refractivity (Wildman–Crippen MR) is 60.5 cm³/mol. The zero-order valence-electron chi connectivity index (χ0n) is 10.0. The monoisotopic (exact) mass is 312 g/mol. The molecule has 1 amide bonds. The summed E-state index contributed by atoms with van der Waals surface area (Å²) < 4.78 is 29.0. The summed E-state index contributed by atoms with van der Waals surface area (Å²) in [5, 5.41) is 2.68. The second kappa shape index (κ2) is 18.0. The smallest absolute Gasteiger partial charge is 0.407 e. The summed E-state index contributed by atoms with van der Waals surface area (Å²) in [7, 11) is -2.86. The zero-order valence-corrected chi connectivity index (χ0v) is 11.9. The van der Waals surface area contributed by atoms with Gasteiger partial charge in [0.25, 0.3) is 0 Å². The maximum Gasteiger partial charge on any atom is 0.407 e. The zero-order chi connectivity index (χ0) is 12.8. The summed E-state index contributed by atoms with van der Waals surface area (Å²) in [6, 6.07) is 0. The minimum atomic E-state index is -2.86. The standard InChI is InChI=1S/C9H19NO2.Ni.HO3S/c1-3-5-7-10-9(11)12-8-6-4-2;;1-4(2)3/h3-8H2,1-2H3,(H,10,11);;(H,1,2,3)/q;;-1. The number of nitrogens with one attached hydrogen (secondary N) is 1. The number of hydrogen-bond donors (Lipinski definition) is 2. The fourth-order valence-electron chi connectivity index (χ4n) is 0.727. The molecule has 0 rings (SSSR count). The van der Waals surface area contributed by atoms with Gasteiger partial charge in [-0.2, -0.15) is 0 Å². The molecule has 0 unspecified atom stereocenters. The summed E-state index contributed by atoms with van der Waals surface area (Å²) >= 11 is 0. The number of ether oxygens (including phenoxy) is 1. The van der Waals surface area contributed by atoms with E-state index in [1.165, 1.54) is 0 Å². The third-order valence-electron chi connectivity index (χ3n) is 1.53. The molecule has 0 spiro atoms. The number of hydrogen-bond acceptors (Lipinski definition) is 5. The van der Waals surface area contributed by atoms with E-state index in [0.717, 1.165) is 32.2 Å². The van der Waals surface area contributed by atoms with Crippen molar-refractivity contribution in [2.45, 2.75) is 39.5 Å². The average Bonchev–Trinajstić information content (AvgIpc) is 2.18. The van der Waals surface area contributed by atoms with E-state index in [0.29, 0.717) is 6.61 Å². The first-order valence-corrected chi connectivity index (χ1v) is 6.26. The second-order valence-corrected chi connectivity index (χ2v) is 3.42. The first-order valence-electron chi connectivity index (χ1n) is 5.23. The van der Waals surface area contributed by atoms with Crippen LogP contribution in [0.2, 0.25) is 0 Å². The van der Waals surface area contributed by atoms with Gasteiger partial charge in [-0.1, -0.05) is 26.7 Å². The van der Waals surface area contributed by atoms with Crippen LogP contribution in [0, 0.1) is 0 Å². The van der Waals surface area contributed by atoms with E-state index in [1.54, 1.807) is 0 Å². The van der Waals surface area contributed by atoms with Crippen molar-refractivity contribution >= 4 is 17.1 Å². The van der Waals surface area contributed by atoms with Crippen LogP contribution in [0.1, 0.15) is 39.5 Å². The largest absolute Gasteiger partial charge is 0.450 e. The van der Waals surface area contributed by atoms with Gasteiger partial charge in [-0.3, -0.25) is 0 Å². The number of carbonyl (C=O) groups excluding carboxylic acids is 1. The van der Waals surface area contributed by atoms with Crippen LogP contribution in [-0.2, 0) is 40.6 Å². The Labute approximate surface area is 114 Å². The Morgan fingerprint density at radius 1 is 1.24 bits per heavy atom. The molecule has 0 aliphatic rings. The molecule has 6 nitrogen and oxygen atoms in total. The summed E-state index contributed by atoms with van der Waals surface area (Å²) in [5.41, 5.74) is 0. The van der Waals surface area contributed by atoms with Gasteiger partial charge in [0.1, 0.15) is 0 Å². The molecule has 17 heavy (non-hydrogen) atoms. The van der Waals surface area contributed by atoms with Crippen LogP contribution in [0.15, 0.2) is 0 Å². The van der Waals surface area contributed by atoms with Crippen molar-refractivity contribution in [3.8, 4) is 0 Å². The van der Waals surface area contributed by atoms with Crippen LogP contribution < -0.4 is 5.32 Å². The van der Waals surface area contributed by atoms with Gasteiger partial charge >= 0.3 is 6.09 Å². The van der Waals surface area contributed by atoms with Crippen LogP contribution in [0.5, 0.6) is 0 Å². The molecule has 108 valence electrons. The summed E-state index contributed by atoms with van der Waals surface area (Å²) in [5.74, 6) is 0. The molecule has 2 N–H and O–H groups in total. The van der Waals surface area contributed by atoms with Gasteiger partial charge < -0.3 is 23.0 Å². The summed E-state index contributed by atoms with van der Waals surface area (Å²) in [4.78, 5) is 10.9. The molecule has 0 aromatic rings. The topological polar surface area (TPSA) is 92.7 Å². The minimum absolute atomic E-state index is 0. The van der Waals surface area contributed by atoms with Crippen molar-refractivity contribution in [2.75, 3.05) is 13.2 Å². The molecule has 0 aliphatic carbocycles. The molecule has 0 heterocycles. The van der Waals surface area contributed by atoms with Gasteiger partial charge in [-0.25, -0.2) is 4.79 Å². The Hall–Kier alpha value is -0.326. The van der Waals surface area contributed by atoms with Crippen molar-refractivity contribution in [3.63, 3.8) is 0 Å². The van der Waals surface area contributed by atoms with Crippen molar-refractivity contribution in [3.05, 3.63) is 0 Å². The van der Waals surface area contributed by atoms with Gasteiger partial charge in [-0.15, -0.1) is 0 Å². The molecule has 0 aromatic carbocycles. The van der Waals surface area contributed by atoms with E-state index >= 15 is 0 Å². The van der Waals surface area contributed by atoms with Gasteiger partial charge in [0.2, 0.25) is 0 Å². The molecule has 0 saturated carbocycles. The Kier molecular flexibility index (Phi) is 23.3. The molecule has 0 radical (unpaired) electrons. The first-order chi connectivity index (χ1) is 7.54. The molecule has 0 aliphatic heterocycles. The summed E-state index contributed by atoms with van der Waals surface area (Å²) in [6.07, 6.45) is 3.83. The molecule has 0 aromatic heterocycles. The third-order valence-corrected chi connectivity index (χ3v) is 1.53. The number of carbonyl (C=O) groups is 1. The fourth-order valence-corrected chi connectivity index (χ4v) is 0.727. The van der Waals surface area contributed by atoms with E-state index in [4.69, 9.17) is 17.7 Å². The van der Waals surface area contributed by atoms with Gasteiger partial charge in [0.15, 0.2) is 0 Å². The number of rotatable bonds is 6. The molecule has 0 bridgehead atoms. The molecule has 8 heteroatoms. The Morgan fingerprint density at radius 3 is 2.12 bits per heavy atom. The number of alkyl carbamates (subject to hydrolysis) is 1. The van der Waals surface area contributed by atoms with Crippen LogP contribution in [-0.4, -0.2) is 23.8 Å². The first kappa shape index (κ1) is 21.9. The van der Waals surface area contributed by atoms with Crippen molar-refractivity contribution in [1.29, 1.82) is 0 Å². The maximum absolute atomic E-state index is 10.9. The van der Waals surface area contributed by atoms with Crippen molar-refractivity contribution in [2.24, 2.45) is 0 Å². The van der Waals surface area contributed by atoms with Gasteiger partial charge in [0.05, 0.1) is 6.61 Å². The molecular formula is C9H20NNiO5S-. The van der Waals surface area contributed by atoms with Gasteiger partial charge in [-0.05, 0) is 12.8 Å². The van der Waals surface area contributed by atoms with Crippen LogP contribution in [0.25, 0.3) is 0 Å². The quantitative estimate of drug-likeness (QED) is 0.257. The van der Waals surface area contributed by atoms with Crippen LogP contribution in [0.3, 0.4) is 0 Å². The average molecular weight is 313 g/mol. The second-order valence-electron chi connectivity index (χ2n) is 2.99. The van der Waals surface area contributed by atoms with Crippen LogP contribution >= 0.6 is 0 Å².